The summed E-state index contributed by atoms with van der Waals surface area (Å²) in [5.74, 6) is 1.64. The number of hydrogen-bond acceptors (Lipinski definition) is 5. The third-order valence-corrected chi connectivity index (χ3v) is 3.98. The third-order valence-electron chi connectivity index (χ3n) is 3.98. The monoisotopic (exact) mass is 318 g/mol. The molecule has 1 saturated heterocycles. The van der Waals surface area contributed by atoms with Crippen LogP contribution in [0.25, 0.3) is 11.4 Å². The van der Waals surface area contributed by atoms with E-state index in [2.05, 4.69) is 25.6 Å². The molecule has 8 nitrogen and oxygen atoms in total. The molecule has 0 bridgehead atoms. The average molecular weight is 318 g/mol. The van der Waals surface area contributed by atoms with Crippen molar-refractivity contribution in [1.29, 1.82) is 0 Å². The number of nitrogens with one attached hydrogen (secondary N) is 2. The van der Waals surface area contributed by atoms with Gasteiger partial charge < -0.3 is 10.1 Å². The average Bonchev–Trinajstić information content (AvgIpc) is 3.21. The fraction of sp³-hybridized carbons (Fsp3) is 0.600. The first-order valence-electron chi connectivity index (χ1n) is 7.98. The number of amides is 1. The van der Waals surface area contributed by atoms with Gasteiger partial charge in [0.2, 0.25) is 5.91 Å². The summed E-state index contributed by atoms with van der Waals surface area (Å²) in [4.78, 5) is 16.1. The van der Waals surface area contributed by atoms with Gasteiger partial charge in [0.25, 0.3) is 0 Å². The predicted octanol–water partition coefficient (Wildman–Crippen LogP) is 0.834. The number of aryl methyl sites for hydroxylation is 1. The molecule has 23 heavy (non-hydrogen) atoms. The summed E-state index contributed by atoms with van der Waals surface area (Å²) in [5.41, 5.74) is 1.84. The van der Waals surface area contributed by atoms with Crippen molar-refractivity contribution in [2.24, 2.45) is 0 Å². The van der Waals surface area contributed by atoms with E-state index < -0.39 is 0 Å². The molecule has 3 heterocycles. The van der Waals surface area contributed by atoms with Crippen LogP contribution < -0.4 is 5.32 Å². The molecule has 1 aliphatic rings. The van der Waals surface area contributed by atoms with Gasteiger partial charge in [0.05, 0.1) is 24.9 Å². The molecule has 0 spiro atoms. The van der Waals surface area contributed by atoms with Crippen molar-refractivity contribution in [3.8, 4) is 11.4 Å². The molecule has 0 saturated carbocycles. The molecule has 0 aliphatic carbocycles. The van der Waals surface area contributed by atoms with Crippen molar-refractivity contribution in [2.75, 3.05) is 13.2 Å². The summed E-state index contributed by atoms with van der Waals surface area (Å²) in [6.07, 6.45) is 3.85. The Kier molecular flexibility index (Phi) is 4.71. The standard InChI is InChI=1S/C15H22N6O2/c1-3-23-7-6-21-13(8-11-4-5-14(22)17-11)18-15(20-21)12-9-16-19-10(12)2/h9,11H,3-8H2,1-2H3,(H,16,19)(H,17,22)/t11-/m1/s1. The Labute approximate surface area is 134 Å². The molecule has 1 fully saturated rings. The zero-order valence-corrected chi connectivity index (χ0v) is 13.5. The normalized spacial score (nSPS) is 17.7. The van der Waals surface area contributed by atoms with E-state index in [1.165, 1.54) is 0 Å². The number of ether oxygens (including phenoxy) is 1. The van der Waals surface area contributed by atoms with Crippen molar-refractivity contribution in [3.63, 3.8) is 0 Å². The molecule has 2 aromatic heterocycles. The molecule has 0 radical (unpaired) electrons. The van der Waals surface area contributed by atoms with Crippen LogP contribution in [-0.2, 0) is 22.5 Å². The van der Waals surface area contributed by atoms with Crippen LogP contribution in [0.15, 0.2) is 6.20 Å². The highest BCUT2D eigenvalue weighted by Gasteiger charge is 2.24. The highest BCUT2D eigenvalue weighted by Crippen LogP contribution is 2.20. The molecule has 2 aromatic rings. The highest BCUT2D eigenvalue weighted by molar-refractivity contribution is 5.78. The van der Waals surface area contributed by atoms with Gasteiger partial charge in [-0.05, 0) is 20.3 Å². The predicted molar refractivity (Wildman–Crippen MR) is 83.7 cm³/mol. The van der Waals surface area contributed by atoms with Crippen LogP contribution in [-0.4, -0.2) is 50.1 Å². The van der Waals surface area contributed by atoms with Gasteiger partial charge in [-0.3, -0.25) is 9.89 Å². The molecule has 1 atom stereocenters. The van der Waals surface area contributed by atoms with Gasteiger partial charge in [-0.25, -0.2) is 9.67 Å². The van der Waals surface area contributed by atoms with E-state index in [1.54, 1.807) is 6.20 Å². The van der Waals surface area contributed by atoms with Crippen molar-refractivity contribution in [3.05, 3.63) is 17.7 Å². The molecular weight excluding hydrogens is 296 g/mol. The van der Waals surface area contributed by atoms with Crippen molar-refractivity contribution in [1.82, 2.24) is 30.3 Å². The molecule has 3 rings (SSSR count). The zero-order valence-electron chi connectivity index (χ0n) is 13.5. The Balaban J connectivity index is 1.81. The topological polar surface area (TPSA) is 97.7 Å². The van der Waals surface area contributed by atoms with E-state index in [9.17, 15) is 4.79 Å². The first-order chi connectivity index (χ1) is 11.2. The minimum atomic E-state index is 0.112. The quantitative estimate of drug-likeness (QED) is 0.737. The number of H-pyrrole nitrogens is 1. The number of nitrogens with zero attached hydrogens (tertiary/aromatic N) is 4. The SMILES string of the molecule is CCOCCn1nc(-c2cn[nH]c2C)nc1C[C@H]1CCC(=O)N1. The molecule has 1 aliphatic heterocycles. The fourth-order valence-electron chi connectivity index (χ4n) is 2.74. The summed E-state index contributed by atoms with van der Waals surface area (Å²) in [5, 5.41) is 14.5. The Morgan fingerprint density at radius 3 is 3.00 bits per heavy atom. The number of rotatable bonds is 7. The molecule has 8 heteroatoms. The lowest BCUT2D eigenvalue weighted by Crippen LogP contribution is -2.28. The largest absolute Gasteiger partial charge is 0.380 e. The van der Waals surface area contributed by atoms with Gasteiger partial charge in [-0.2, -0.15) is 10.2 Å². The van der Waals surface area contributed by atoms with Crippen LogP contribution in [0.1, 0.15) is 31.3 Å². The Hall–Kier alpha value is -2.22. The minimum Gasteiger partial charge on any atom is -0.380 e. The second kappa shape index (κ2) is 6.91. The van der Waals surface area contributed by atoms with E-state index in [4.69, 9.17) is 4.74 Å². The van der Waals surface area contributed by atoms with Gasteiger partial charge in [0.1, 0.15) is 5.82 Å². The second-order valence-electron chi connectivity index (χ2n) is 5.69. The second-order valence-corrected chi connectivity index (χ2v) is 5.69. The molecule has 124 valence electrons. The van der Waals surface area contributed by atoms with Crippen molar-refractivity contribution in [2.45, 2.75) is 45.7 Å². The van der Waals surface area contributed by atoms with Crippen LogP contribution in [0.4, 0.5) is 0 Å². The lowest BCUT2D eigenvalue weighted by atomic mass is 10.1. The Morgan fingerprint density at radius 1 is 1.48 bits per heavy atom. The van der Waals surface area contributed by atoms with Crippen LogP contribution in [0.5, 0.6) is 0 Å². The van der Waals surface area contributed by atoms with E-state index in [-0.39, 0.29) is 11.9 Å². The lowest BCUT2D eigenvalue weighted by Gasteiger charge is -2.10. The van der Waals surface area contributed by atoms with Gasteiger partial charge in [0, 0.05) is 31.2 Å². The molecular formula is C15H22N6O2. The zero-order chi connectivity index (χ0) is 16.2. The summed E-state index contributed by atoms with van der Waals surface area (Å²) < 4.78 is 7.30. The summed E-state index contributed by atoms with van der Waals surface area (Å²) >= 11 is 0. The van der Waals surface area contributed by atoms with Crippen LogP contribution in [0, 0.1) is 6.92 Å². The Bertz CT molecular complexity index is 677. The van der Waals surface area contributed by atoms with Crippen molar-refractivity contribution < 1.29 is 9.53 Å². The van der Waals surface area contributed by atoms with Crippen LogP contribution in [0.2, 0.25) is 0 Å². The number of aromatic nitrogens is 5. The molecule has 0 unspecified atom stereocenters. The van der Waals surface area contributed by atoms with E-state index in [0.717, 1.165) is 23.5 Å². The molecule has 2 N–H and O–H groups in total. The lowest BCUT2D eigenvalue weighted by molar-refractivity contribution is -0.119. The summed E-state index contributed by atoms with van der Waals surface area (Å²) in [6, 6.07) is 0.135. The van der Waals surface area contributed by atoms with Crippen LogP contribution in [0.3, 0.4) is 0 Å². The van der Waals surface area contributed by atoms with E-state index in [1.807, 2.05) is 18.5 Å². The van der Waals surface area contributed by atoms with Gasteiger partial charge in [-0.15, -0.1) is 0 Å². The van der Waals surface area contributed by atoms with Gasteiger partial charge in [-0.1, -0.05) is 0 Å². The van der Waals surface area contributed by atoms with Gasteiger partial charge in [0.15, 0.2) is 5.82 Å². The number of aromatic amines is 1. The van der Waals surface area contributed by atoms with Crippen LogP contribution >= 0.6 is 0 Å². The fourth-order valence-corrected chi connectivity index (χ4v) is 2.74. The first kappa shape index (κ1) is 15.7. The number of hydrogen-bond donors (Lipinski definition) is 2. The Morgan fingerprint density at radius 2 is 2.35 bits per heavy atom. The summed E-state index contributed by atoms with van der Waals surface area (Å²) in [6.45, 7) is 5.83. The third kappa shape index (κ3) is 3.58. The van der Waals surface area contributed by atoms with Crippen molar-refractivity contribution >= 4 is 5.91 Å². The maximum absolute atomic E-state index is 11.4. The van der Waals surface area contributed by atoms with Gasteiger partial charge >= 0.3 is 0 Å². The maximum atomic E-state index is 11.4. The number of carbonyl (C=O) groups excluding carboxylic acids is 1. The summed E-state index contributed by atoms with van der Waals surface area (Å²) in [7, 11) is 0. The van der Waals surface area contributed by atoms with E-state index in [0.29, 0.717) is 38.4 Å². The van der Waals surface area contributed by atoms with E-state index >= 15 is 0 Å². The highest BCUT2D eigenvalue weighted by atomic mass is 16.5. The maximum Gasteiger partial charge on any atom is 0.220 e. The minimum absolute atomic E-state index is 0.112. The molecule has 0 aromatic carbocycles. The smallest absolute Gasteiger partial charge is 0.220 e. The first-order valence-corrected chi connectivity index (χ1v) is 7.98. The number of carbonyl (C=O) groups is 1. The molecule has 1 amide bonds.